The first-order valence-electron chi connectivity index (χ1n) is 7.59. The number of para-hydroxylation sites is 1. The van der Waals surface area contributed by atoms with Gasteiger partial charge in [0.25, 0.3) is 0 Å². The van der Waals surface area contributed by atoms with Crippen LogP contribution in [0.3, 0.4) is 0 Å². The van der Waals surface area contributed by atoms with E-state index in [1.165, 1.54) is 0 Å². The van der Waals surface area contributed by atoms with Crippen LogP contribution in [0.25, 0.3) is 11.3 Å². The molecule has 1 atom stereocenters. The van der Waals surface area contributed by atoms with Crippen LogP contribution in [0, 0.1) is 0 Å². The summed E-state index contributed by atoms with van der Waals surface area (Å²) >= 11 is 1.60. The number of aromatic nitrogens is 3. The number of hydrogen-bond acceptors (Lipinski definition) is 6. The number of fused-ring (bicyclic) bond motifs is 3. The molecule has 0 unspecified atom stereocenters. The number of rotatable bonds is 4. The molecule has 5 nitrogen and oxygen atoms in total. The van der Waals surface area contributed by atoms with Crippen molar-refractivity contribution in [3.63, 3.8) is 0 Å². The van der Waals surface area contributed by atoms with E-state index < -0.39 is 5.72 Å². The van der Waals surface area contributed by atoms with Crippen molar-refractivity contribution < 1.29 is 4.74 Å². The molecule has 0 bridgehead atoms. The molecule has 6 heteroatoms. The summed E-state index contributed by atoms with van der Waals surface area (Å²) in [4.78, 5) is 4.58. The van der Waals surface area contributed by atoms with Gasteiger partial charge in [-0.3, -0.25) is 0 Å². The highest BCUT2D eigenvalue weighted by atomic mass is 32.2. The van der Waals surface area contributed by atoms with Crippen LogP contribution in [0.15, 0.2) is 29.4 Å². The summed E-state index contributed by atoms with van der Waals surface area (Å²) in [6.45, 7) is 6.25. The average Bonchev–Trinajstić information content (AvgIpc) is 2.66. The zero-order chi connectivity index (χ0) is 15.6. The quantitative estimate of drug-likeness (QED) is 0.861. The van der Waals surface area contributed by atoms with E-state index in [2.05, 4.69) is 34.3 Å². The van der Waals surface area contributed by atoms with Gasteiger partial charge in [0, 0.05) is 23.4 Å². The predicted octanol–water partition coefficient (Wildman–Crippen LogP) is 3.97. The Kier molecular flexibility index (Phi) is 4.20. The van der Waals surface area contributed by atoms with Crippen molar-refractivity contribution in [1.82, 2.24) is 15.2 Å². The first-order chi connectivity index (χ1) is 10.6. The minimum absolute atomic E-state index is 0.510. The van der Waals surface area contributed by atoms with E-state index in [1.807, 2.05) is 31.2 Å². The van der Waals surface area contributed by atoms with Crippen LogP contribution < -0.4 is 10.1 Å². The molecule has 1 aromatic carbocycles. The highest BCUT2D eigenvalue weighted by Gasteiger charge is 2.32. The van der Waals surface area contributed by atoms with Gasteiger partial charge in [0.2, 0.25) is 11.0 Å². The Labute approximate surface area is 134 Å². The zero-order valence-corrected chi connectivity index (χ0v) is 13.9. The third-order valence-electron chi connectivity index (χ3n) is 3.65. The molecule has 0 saturated heterocycles. The first kappa shape index (κ1) is 15.1. The monoisotopic (exact) mass is 316 g/mol. The number of ether oxygens (including phenoxy) is 1. The Morgan fingerprint density at radius 2 is 2.05 bits per heavy atom. The number of thioether (sulfide) groups is 1. The Morgan fingerprint density at radius 1 is 1.23 bits per heavy atom. The molecule has 0 aliphatic carbocycles. The van der Waals surface area contributed by atoms with Crippen molar-refractivity contribution >= 4 is 17.4 Å². The summed E-state index contributed by atoms with van der Waals surface area (Å²) < 4.78 is 6.16. The molecular weight excluding hydrogens is 296 g/mol. The molecule has 2 heterocycles. The lowest BCUT2D eigenvalue weighted by molar-refractivity contribution is 0.109. The second-order valence-corrected chi connectivity index (χ2v) is 6.52. The van der Waals surface area contributed by atoms with Crippen LogP contribution >= 0.6 is 11.8 Å². The van der Waals surface area contributed by atoms with E-state index in [1.54, 1.807) is 11.8 Å². The van der Waals surface area contributed by atoms with Crippen molar-refractivity contribution in [3.05, 3.63) is 24.3 Å². The molecule has 1 aromatic heterocycles. The van der Waals surface area contributed by atoms with E-state index in [4.69, 9.17) is 4.74 Å². The number of anilines is 1. The number of nitrogens with zero attached hydrogens (tertiary/aromatic N) is 3. The van der Waals surface area contributed by atoms with Gasteiger partial charge in [-0.15, -0.1) is 10.2 Å². The summed E-state index contributed by atoms with van der Waals surface area (Å²) in [6.07, 6.45) is 1.88. The minimum Gasteiger partial charge on any atom is -0.450 e. The normalized spacial score (nSPS) is 19.4. The maximum atomic E-state index is 6.16. The van der Waals surface area contributed by atoms with Crippen LogP contribution in [0.4, 0.5) is 5.69 Å². The van der Waals surface area contributed by atoms with E-state index in [0.717, 1.165) is 29.8 Å². The van der Waals surface area contributed by atoms with Gasteiger partial charge >= 0.3 is 0 Å². The molecule has 1 aliphatic rings. The second-order valence-electron chi connectivity index (χ2n) is 5.45. The van der Waals surface area contributed by atoms with Gasteiger partial charge in [-0.05, 0) is 19.4 Å². The van der Waals surface area contributed by atoms with Gasteiger partial charge in [0.05, 0.1) is 0 Å². The van der Waals surface area contributed by atoms with Crippen molar-refractivity contribution in [3.8, 4) is 17.1 Å². The van der Waals surface area contributed by atoms with Crippen LogP contribution in [0.5, 0.6) is 5.88 Å². The fourth-order valence-corrected chi connectivity index (χ4v) is 2.91. The van der Waals surface area contributed by atoms with Crippen molar-refractivity contribution in [2.24, 2.45) is 0 Å². The molecule has 0 fully saturated rings. The SMILES string of the molecule is CCCSc1nnc2c(n1)O[C@](C)(CC)Nc1ccccc1-2. The van der Waals surface area contributed by atoms with Crippen LogP contribution in [-0.2, 0) is 0 Å². The maximum absolute atomic E-state index is 6.16. The molecular formula is C16H20N4OS. The summed E-state index contributed by atoms with van der Waals surface area (Å²) in [5.41, 5.74) is 2.16. The van der Waals surface area contributed by atoms with Crippen molar-refractivity contribution in [2.45, 2.75) is 44.5 Å². The van der Waals surface area contributed by atoms with Crippen molar-refractivity contribution in [1.29, 1.82) is 0 Å². The molecule has 1 aliphatic heterocycles. The summed E-state index contributed by atoms with van der Waals surface area (Å²) in [7, 11) is 0. The summed E-state index contributed by atoms with van der Waals surface area (Å²) in [5.74, 6) is 1.52. The molecule has 0 amide bonds. The lowest BCUT2D eigenvalue weighted by Crippen LogP contribution is -2.40. The molecule has 116 valence electrons. The third-order valence-corrected chi connectivity index (χ3v) is 4.69. The zero-order valence-electron chi connectivity index (χ0n) is 13.1. The van der Waals surface area contributed by atoms with Gasteiger partial charge in [-0.2, -0.15) is 4.98 Å². The standard InChI is InChI=1S/C16H20N4OS/c1-4-10-22-15-17-14-13(19-20-15)11-8-6-7-9-12(11)18-16(3,5-2)21-14/h6-9,18H,4-5,10H2,1-3H3/t16-/m1/s1. The smallest absolute Gasteiger partial charge is 0.247 e. The summed E-state index contributed by atoms with van der Waals surface area (Å²) in [5, 5.41) is 12.7. The summed E-state index contributed by atoms with van der Waals surface area (Å²) in [6, 6.07) is 8.03. The van der Waals surface area contributed by atoms with Gasteiger partial charge in [-0.25, -0.2) is 0 Å². The van der Waals surface area contributed by atoms with Crippen LogP contribution in [0.1, 0.15) is 33.6 Å². The second kappa shape index (κ2) is 6.12. The molecule has 2 aromatic rings. The first-order valence-corrected chi connectivity index (χ1v) is 8.58. The van der Waals surface area contributed by atoms with E-state index >= 15 is 0 Å². The van der Waals surface area contributed by atoms with E-state index in [9.17, 15) is 0 Å². The van der Waals surface area contributed by atoms with Crippen LogP contribution in [0.2, 0.25) is 0 Å². The fourth-order valence-electron chi connectivity index (χ4n) is 2.28. The molecule has 0 radical (unpaired) electrons. The Bertz CT molecular complexity index is 679. The number of hydrogen-bond donors (Lipinski definition) is 1. The lowest BCUT2D eigenvalue weighted by atomic mass is 10.1. The molecule has 3 rings (SSSR count). The fraction of sp³-hybridized carbons (Fsp3) is 0.438. The average molecular weight is 316 g/mol. The lowest BCUT2D eigenvalue weighted by Gasteiger charge is -2.29. The van der Waals surface area contributed by atoms with E-state index in [-0.39, 0.29) is 0 Å². The molecule has 1 N–H and O–H groups in total. The van der Waals surface area contributed by atoms with Gasteiger partial charge in [0.1, 0.15) is 0 Å². The number of benzene rings is 1. The number of nitrogens with one attached hydrogen (secondary N) is 1. The minimum atomic E-state index is -0.510. The topological polar surface area (TPSA) is 59.9 Å². The maximum Gasteiger partial charge on any atom is 0.247 e. The van der Waals surface area contributed by atoms with Gasteiger partial charge in [0.15, 0.2) is 11.4 Å². The van der Waals surface area contributed by atoms with Crippen molar-refractivity contribution in [2.75, 3.05) is 11.1 Å². The highest BCUT2D eigenvalue weighted by Crippen LogP contribution is 2.39. The van der Waals surface area contributed by atoms with E-state index in [0.29, 0.717) is 16.7 Å². The van der Waals surface area contributed by atoms with Gasteiger partial charge < -0.3 is 10.1 Å². The Hall–Kier alpha value is -1.82. The predicted molar refractivity (Wildman–Crippen MR) is 89.2 cm³/mol. The Morgan fingerprint density at radius 3 is 2.82 bits per heavy atom. The third kappa shape index (κ3) is 2.88. The molecule has 0 spiro atoms. The largest absolute Gasteiger partial charge is 0.450 e. The Balaban J connectivity index is 2.09. The highest BCUT2D eigenvalue weighted by molar-refractivity contribution is 7.99. The van der Waals surface area contributed by atoms with Gasteiger partial charge in [-0.1, -0.05) is 43.8 Å². The molecule has 0 saturated carbocycles. The van der Waals surface area contributed by atoms with Crippen LogP contribution in [-0.4, -0.2) is 26.7 Å². The molecule has 22 heavy (non-hydrogen) atoms.